The number of nitrogens with zero attached hydrogens (tertiary/aromatic N) is 4. The number of ether oxygens (including phenoxy) is 1. The quantitative estimate of drug-likeness (QED) is 0.485. The van der Waals surface area contributed by atoms with E-state index < -0.39 is 0 Å². The van der Waals surface area contributed by atoms with Gasteiger partial charge in [-0.05, 0) is 33.6 Å². The minimum atomic E-state index is 0.0441. The lowest BCUT2D eigenvalue weighted by Crippen LogP contribution is -1.96. The fourth-order valence-electron chi connectivity index (χ4n) is 1.84. The molecule has 0 amide bonds. The summed E-state index contributed by atoms with van der Waals surface area (Å²) in [5.41, 5.74) is 4.79. The first kappa shape index (κ1) is 14.3. The molecular formula is C13H11BrN6O2. The summed E-state index contributed by atoms with van der Waals surface area (Å²) in [5.74, 6) is 0.917. The number of benzene rings is 1. The Morgan fingerprint density at radius 1 is 1.36 bits per heavy atom. The number of anilines is 1. The number of hydrogen-bond donors (Lipinski definition) is 3. The monoisotopic (exact) mass is 362 g/mol. The summed E-state index contributed by atoms with van der Waals surface area (Å²) in [6.07, 6.45) is 4.52. The Balaban J connectivity index is 1.83. The van der Waals surface area contributed by atoms with E-state index >= 15 is 0 Å². The van der Waals surface area contributed by atoms with Crippen LogP contribution in [0.4, 0.5) is 5.82 Å². The van der Waals surface area contributed by atoms with Gasteiger partial charge < -0.3 is 14.8 Å². The number of H-pyrrole nitrogens is 1. The molecule has 0 spiro atoms. The van der Waals surface area contributed by atoms with E-state index in [9.17, 15) is 5.11 Å². The number of aromatic hydroxyl groups is 1. The van der Waals surface area contributed by atoms with Crippen molar-refractivity contribution in [3.05, 3.63) is 34.8 Å². The van der Waals surface area contributed by atoms with E-state index in [0.29, 0.717) is 27.2 Å². The van der Waals surface area contributed by atoms with Crippen LogP contribution in [0.15, 0.2) is 34.4 Å². The summed E-state index contributed by atoms with van der Waals surface area (Å²) in [4.78, 5) is 15.1. The zero-order valence-electron chi connectivity index (χ0n) is 11.4. The molecule has 0 radical (unpaired) electrons. The Hall–Kier alpha value is -2.68. The summed E-state index contributed by atoms with van der Waals surface area (Å²) in [5, 5.41) is 13.9. The molecule has 8 nitrogen and oxygen atoms in total. The number of hydrogen-bond acceptors (Lipinski definition) is 7. The summed E-state index contributed by atoms with van der Waals surface area (Å²) in [7, 11) is 1.48. The SMILES string of the molecule is COc1cc(C=NNc2ncnc3nc[nH]c23)cc(Br)c1O. The molecule has 2 heterocycles. The Morgan fingerprint density at radius 2 is 2.23 bits per heavy atom. The van der Waals surface area contributed by atoms with Gasteiger partial charge in [0.05, 0.1) is 24.1 Å². The molecule has 1 aromatic carbocycles. The number of nitrogens with one attached hydrogen (secondary N) is 2. The van der Waals surface area contributed by atoms with E-state index in [1.807, 2.05) is 0 Å². The molecule has 0 unspecified atom stereocenters. The van der Waals surface area contributed by atoms with Gasteiger partial charge in [0.2, 0.25) is 0 Å². The molecule has 0 aliphatic heterocycles. The molecular weight excluding hydrogens is 352 g/mol. The third-order valence-electron chi connectivity index (χ3n) is 2.88. The van der Waals surface area contributed by atoms with Crippen LogP contribution in [0.5, 0.6) is 11.5 Å². The number of phenols is 1. The van der Waals surface area contributed by atoms with Crippen LogP contribution in [0.3, 0.4) is 0 Å². The lowest BCUT2D eigenvalue weighted by atomic mass is 10.2. The largest absolute Gasteiger partial charge is 0.503 e. The fourth-order valence-corrected chi connectivity index (χ4v) is 2.30. The minimum absolute atomic E-state index is 0.0441. The number of phenolic OH excluding ortho intramolecular Hbond substituents is 1. The molecule has 112 valence electrons. The van der Waals surface area contributed by atoms with E-state index in [0.717, 1.165) is 5.56 Å². The molecule has 9 heteroatoms. The number of methoxy groups -OCH3 is 1. The van der Waals surface area contributed by atoms with E-state index in [1.165, 1.54) is 19.8 Å². The Kier molecular flexibility index (Phi) is 3.88. The van der Waals surface area contributed by atoms with E-state index in [2.05, 4.69) is 46.4 Å². The number of halogens is 1. The van der Waals surface area contributed by atoms with Crippen LogP contribution in [-0.4, -0.2) is 38.4 Å². The highest BCUT2D eigenvalue weighted by Gasteiger charge is 2.08. The van der Waals surface area contributed by atoms with Gasteiger partial charge in [-0.3, -0.25) is 5.43 Å². The van der Waals surface area contributed by atoms with Gasteiger partial charge in [-0.15, -0.1) is 0 Å². The van der Waals surface area contributed by atoms with Crippen molar-refractivity contribution < 1.29 is 9.84 Å². The van der Waals surface area contributed by atoms with Crippen molar-refractivity contribution in [2.45, 2.75) is 0 Å². The second-order valence-corrected chi connectivity index (χ2v) is 5.10. The van der Waals surface area contributed by atoms with Crippen LogP contribution in [0.25, 0.3) is 11.2 Å². The molecule has 0 aliphatic carbocycles. The van der Waals surface area contributed by atoms with Gasteiger partial charge in [0.25, 0.3) is 0 Å². The van der Waals surface area contributed by atoms with Gasteiger partial charge in [0.1, 0.15) is 11.8 Å². The maximum atomic E-state index is 9.76. The first-order chi connectivity index (χ1) is 10.7. The predicted molar refractivity (Wildman–Crippen MR) is 85.3 cm³/mol. The number of imidazole rings is 1. The molecule has 0 aliphatic rings. The molecule has 0 saturated heterocycles. The Bertz CT molecular complexity index is 848. The van der Waals surface area contributed by atoms with Crippen molar-refractivity contribution in [1.82, 2.24) is 19.9 Å². The van der Waals surface area contributed by atoms with Crippen LogP contribution in [0, 0.1) is 0 Å². The average Bonchev–Trinajstić information content (AvgIpc) is 3.00. The molecule has 3 N–H and O–H groups in total. The van der Waals surface area contributed by atoms with Gasteiger partial charge in [-0.25, -0.2) is 15.0 Å². The molecule has 3 rings (SSSR count). The molecule has 2 aromatic heterocycles. The van der Waals surface area contributed by atoms with Crippen LogP contribution < -0.4 is 10.2 Å². The van der Waals surface area contributed by atoms with Crippen molar-refractivity contribution >= 4 is 39.1 Å². The van der Waals surface area contributed by atoms with Crippen molar-refractivity contribution in [3.63, 3.8) is 0 Å². The normalized spacial score (nSPS) is 11.2. The van der Waals surface area contributed by atoms with Crippen molar-refractivity contribution in [2.24, 2.45) is 5.10 Å². The second kappa shape index (κ2) is 5.98. The second-order valence-electron chi connectivity index (χ2n) is 4.25. The third-order valence-corrected chi connectivity index (χ3v) is 3.48. The highest BCUT2D eigenvalue weighted by molar-refractivity contribution is 9.10. The smallest absolute Gasteiger partial charge is 0.182 e. The third kappa shape index (κ3) is 2.70. The topological polar surface area (TPSA) is 108 Å². The summed E-state index contributed by atoms with van der Waals surface area (Å²) in [6.45, 7) is 0. The van der Waals surface area contributed by atoms with Crippen molar-refractivity contribution in [2.75, 3.05) is 12.5 Å². The summed E-state index contributed by atoms with van der Waals surface area (Å²) in [6, 6.07) is 3.38. The maximum Gasteiger partial charge on any atom is 0.182 e. The first-order valence-corrected chi connectivity index (χ1v) is 6.98. The average molecular weight is 363 g/mol. The van der Waals surface area contributed by atoms with Crippen LogP contribution in [-0.2, 0) is 0 Å². The van der Waals surface area contributed by atoms with Gasteiger partial charge in [0, 0.05) is 0 Å². The lowest BCUT2D eigenvalue weighted by Gasteiger charge is -2.06. The predicted octanol–water partition coefficient (Wildman–Crippen LogP) is 2.28. The van der Waals surface area contributed by atoms with Gasteiger partial charge >= 0.3 is 0 Å². The van der Waals surface area contributed by atoms with E-state index in [1.54, 1.807) is 18.3 Å². The van der Waals surface area contributed by atoms with Crippen LogP contribution in [0.1, 0.15) is 5.56 Å². The standard InChI is InChI=1S/C13H11BrN6O2/c1-22-9-3-7(2-8(14)11(9)21)4-19-20-13-10-12(16-5-15-10)17-6-18-13/h2-6,21H,1H3,(H2,15,16,17,18,20). The fraction of sp³-hybridized carbons (Fsp3) is 0.0769. The van der Waals surface area contributed by atoms with E-state index in [-0.39, 0.29) is 5.75 Å². The van der Waals surface area contributed by atoms with Gasteiger partial charge in [0.15, 0.2) is 23.0 Å². The Labute approximate surface area is 133 Å². The van der Waals surface area contributed by atoms with Crippen molar-refractivity contribution in [1.29, 1.82) is 0 Å². The van der Waals surface area contributed by atoms with E-state index in [4.69, 9.17) is 4.74 Å². The molecule has 0 bridgehead atoms. The summed E-state index contributed by atoms with van der Waals surface area (Å²) < 4.78 is 5.60. The highest BCUT2D eigenvalue weighted by Crippen LogP contribution is 2.34. The molecule has 3 aromatic rings. The van der Waals surface area contributed by atoms with Crippen molar-refractivity contribution in [3.8, 4) is 11.5 Å². The number of rotatable bonds is 4. The zero-order valence-corrected chi connectivity index (χ0v) is 13.0. The highest BCUT2D eigenvalue weighted by atomic mass is 79.9. The van der Waals surface area contributed by atoms with Crippen LogP contribution >= 0.6 is 15.9 Å². The first-order valence-electron chi connectivity index (χ1n) is 6.18. The number of aromatic amines is 1. The minimum Gasteiger partial charge on any atom is -0.503 e. The molecule has 0 saturated carbocycles. The Morgan fingerprint density at radius 3 is 3.05 bits per heavy atom. The molecule has 0 fully saturated rings. The number of hydrazone groups is 1. The zero-order chi connectivity index (χ0) is 15.5. The molecule has 22 heavy (non-hydrogen) atoms. The number of fused-ring (bicyclic) bond motifs is 1. The van der Waals surface area contributed by atoms with Gasteiger partial charge in [-0.1, -0.05) is 0 Å². The maximum absolute atomic E-state index is 9.76. The van der Waals surface area contributed by atoms with Gasteiger partial charge in [-0.2, -0.15) is 5.10 Å². The number of aromatic nitrogens is 4. The lowest BCUT2D eigenvalue weighted by molar-refractivity contribution is 0.372. The molecule has 0 atom stereocenters. The van der Waals surface area contributed by atoms with Crippen LogP contribution in [0.2, 0.25) is 0 Å². The summed E-state index contributed by atoms with van der Waals surface area (Å²) >= 11 is 3.26.